The highest BCUT2D eigenvalue weighted by Gasteiger charge is 2.37. The third kappa shape index (κ3) is 5.19. The van der Waals surface area contributed by atoms with E-state index < -0.39 is 0 Å². The first-order valence-corrected chi connectivity index (χ1v) is 15.1. The van der Waals surface area contributed by atoms with E-state index in [1.54, 1.807) is 6.07 Å². The summed E-state index contributed by atoms with van der Waals surface area (Å²) < 4.78 is 6.28. The maximum atomic E-state index is 6.40. The van der Waals surface area contributed by atoms with Crippen LogP contribution in [0.15, 0.2) is 114 Å². The lowest BCUT2D eigenvalue weighted by Gasteiger charge is -2.37. The fourth-order valence-corrected chi connectivity index (χ4v) is 6.74. The number of benzene rings is 5. The molecule has 1 N–H and O–H groups in total. The average Bonchev–Trinajstić information content (AvgIpc) is 3.50. The number of fused-ring (bicyclic) bond motifs is 4. The highest BCUT2D eigenvalue weighted by molar-refractivity contribution is 6.35. The summed E-state index contributed by atoms with van der Waals surface area (Å²) in [4.78, 5) is 4.89. The Kier molecular flexibility index (Phi) is 7.23. The summed E-state index contributed by atoms with van der Waals surface area (Å²) in [7, 11) is 0. The van der Waals surface area contributed by atoms with E-state index in [0.29, 0.717) is 28.5 Å². The van der Waals surface area contributed by atoms with Gasteiger partial charge in [-0.05, 0) is 77.6 Å². The maximum Gasteiger partial charge on any atom is 0.129 e. The minimum Gasteiger partial charge on any atom is -0.488 e. The SMILES string of the molecule is Cc1ccc2c(c1)[C@@H]1C=CC[C@@H]1[C@H](c1ccc(N=Cc3c(OCc4ccc(Cl)cc4Cl)ccc4ccccc34)cc1)N2. The second-order valence-electron chi connectivity index (χ2n) is 11.1. The second kappa shape index (κ2) is 11.3. The first kappa shape index (κ1) is 26.8. The average molecular weight is 590 g/mol. The van der Waals surface area contributed by atoms with Crippen molar-refractivity contribution in [3.05, 3.63) is 147 Å². The molecule has 3 atom stereocenters. The number of aryl methyl sites for hydroxylation is 1. The predicted molar refractivity (Wildman–Crippen MR) is 176 cm³/mol. The van der Waals surface area contributed by atoms with Crippen LogP contribution in [-0.2, 0) is 6.61 Å². The van der Waals surface area contributed by atoms with Crippen molar-refractivity contribution >= 4 is 51.6 Å². The Balaban J connectivity index is 1.15. The number of hydrogen-bond donors (Lipinski definition) is 1. The van der Waals surface area contributed by atoms with E-state index in [9.17, 15) is 0 Å². The van der Waals surface area contributed by atoms with Crippen molar-refractivity contribution < 1.29 is 4.74 Å². The van der Waals surface area contributed by atoms with Crippen LogP contribution in [0.3, 0.4) is 0 Å². The Morgan fingerprint density at radius 2 is 1.79 bits per heavy atom. The Labute approximate surface area is 256 Å². The van der Waals surface area contributed by atoms with E-state index in [2.05, 4.69) is 85.1 Å². The Morgan fingerprint density at radius 3 is 2.64 bits per heavy atom. The number of hydrogen-bond acceptors (Lipinski definition) is 3. The fourth-order valence-electron chi connectivity index (χ4n) is 6.28. The monoisotopic (exact) mass is 588 g/mol. The maximum absolute atomic E-state index is 6.40. The molecule has 7 rings (SSSR count). The minimum absolute atomic E-state index is 0.260. The van der Waals surface area contributed by atoms with Gasteiger partial charge < -0.3 is 10.1 Å². The third-order valence-electron chi connectivity index (χ3n) is 8.44. The summed E-state index contributed by atoms with van der Waals surface area (Å²) in [6.45, 7) is 2.50. The van der Waals surface area contributed by atoms with Gasteiger partial charge in [-0.2, -0.15) is 0 Å². The summed E-state index contributed by atoms with van der Waals surface area (Å²) in [5, 5.41) is 7.24. The summed E-state index contributed by atoms with van der Waals surface area (Å²) >= 11 is 12.5. The van der Waals surface area contributed by atoms with Crippen molar-refractivity contribution in [1.29, 1.82) is 0 Å². The fraction of sp³-hybridized carbons (Fsp3) is 0.162. The van der Waals surface area contributed by atoms with Gasteiger partial charge in [0.1, 0.15) is 12.4 Å². The molecule has 5 aromatic rings. The highest BCUT2D eigenvalue weighted by Crippen LogP contribution is 2.50. The van der Waals surface area contributed by atoms with Crippen molar-refractivity contribution in [3.63, 3.8) is 0 Å². The van der Waals surface area contributed by atoms with Gasteiger partial charge in [0.25, 0.3) is 0 Å². The zero-order valence-corrected chi connectivity index (χ0v) is 24.7. The largest absolute Gasteiger partial charge is 0.488 e. The highest BCUT2D eigenvalue weighted by atomic mass is 35.5. The van der Waals surface area contributed by atoms with Crippen LogP contribution < -0.4 is 10.1 Å². The lowest BCUT2D eigenvalue weighted by atomic mass is 9.76. The molecule has 0 saturated heterocycles. The van der Waals surface area contributed by atoms with Gasteiger partial charge in [0, 0.05) is 39.0 Å². The van der Waals surface area contributed by atoms with Crippen LogP contribution >= 0.6 is 23.2 Å². The quantitative estimate of drug-likeness (QED) is 0.158. The Hall–Kier alpha value is -4.05. The molecule has 208 valence electrons. The second-order valence-corrected chi connectivity index (χ2v) is 12.0. The van der Waals surface area contributed by atoms with Gasteiger partial charge in [-0.3, -0.25) is 4.99 Å². The molecule has 5 aromatic carbocycles. The summed E-state index contributed by atoms with van der Waals surface area (Å²) in [5.41, 5.74) is 7.95. The summed E-state index contributed by atoms with van der Waals surface area (Å²) in [5.74, 6) is 1.72. The van der Waals surface area contributed by atoms with E-state index >= 15 is 0 Å². The molecule has 0 fully saturated rings. The molecule has 1 heterocycles. The van der Waals surface area contributed by atoms with E-state index in [1.807, 2.05) is 36.5 Å². The molecule has 0 saturated carbocycles. The standard InChI is InChI=1S/C37H30Cl2N2O/c1-23-9-17-35-32(19-23)30-7-4-8-31(30)37(41-35)25-11-15-28(16-12-25)40-21-33-29-6-3-2-5-24(29)13-18-36(33)42-22-26-10-14-27(38)20-34(26)39/h2-7,9-21,30-31,37,41H,8,22H2,1H3/t30-,31+,37+/m1/s1. The topological polar surface area (TPSA) is 33.6 Å². The van der Waals surface area contributed by atoms with E-state index in [0.717, 1.165) is 39.8 Å². The van der Waals surface area contributed by atoms with Crippen molar-refractivity contribution in [1.82, 2.24) is 0 Å². The molecule has 0 aromatic heterocycles. The van der Waals surface area contributed by atoms with Crippen molar-refractivity contribution in [3.8, 4) is 5.75 Å². The normalized spacial score (nSPS) is 19.1. The number of ether oxygens (including phenoxy) is 1. The van der Waals surface area contributed by atoms with E-state index in [4.69, 9.17) is 32.9 Å². The molecule has 3 nitrogen and oxygen atoms in total. The Bertz CT molecular complexity index is 1840. The van der Waals surface area contributed by atoms with Gasteiger partial charge in [-0.1, -0.05) is 102 Å². The first-order valence-electron chi connectivity index (χ1n) is 14.3. The van der Waals surface area contributed by atoms with Crippen LogP contribution in [0.2, 0.25) is 10.0 Å². The Morgan fingerprint density at radius 1 is 0.929 bits per heavy atom. The van der Waals surface area contributed by atoms with Gasteiger partial charge in [0.2, 0.25) is 0 Å². The summed E-state index contributed by atoms with van der Waals surface area (Å²) in [6.07, 6.45) is 7.72. The molecule has 0 amide bonds. The molecule has 0 radical (unpaired) electrons. The zero-order valence-electron chi connectivity index (χ0n) is 23.2. The molecule has 42 heavy (non-hydrogen) atoms. The minimum atomic E-state index is 0.260. The summed E-state index contributed by atoms with van der Waals surface area (Å²) in [6, 6.07) is 33.4. The number of nitrogens with zero attached hydrogens (tertiary/aromatic N) is 1. The lowest BCUT2D eigenvalue weighted by Crippen LogP contribution is -2.29. The number of aliphatic imine (C=N–C) groups is 1. The molecule has 0 spiro atoms. The molecular weight excluding hydrogens is 559 g/mol. The number of allylic oxidation sites excluding steroid dienone is 2. The van der Waals surface area contributed by atoms with Crippen LogP contribution in [0.5, 0.6) is 5.75 Å². The van der Waals surface area contributed by atoms with E-state index in [1.165, 1.54) is 22.4 Å². The molecule has 1 aliphatic heterocycles. The zero-order chi connectivity index (χ0) is 28.6. The van der Waals surface area contributed by atoms with Gasteiger partial charge >= 0.3 is 0 Å². The number of halogens is 2. The molecule has 2 aliphatic rings. The third-order valence-corrected chi connectivity index (χ3v) is 9.03. The van der Waals surface area contributed by atoms with Gasteiger partial charge in [-0.15, -0.1) is 0 Å². The first-order chi connectivity index (χ1) is 20.5. The van der Waals surface area contributed by atoms with E-state index in [-0.39, 0.29) is 6.04 Å². The van der Waals surface area contributed by atoms with Crippen molar-refractivity contribution in [2.24, 2.45) is 10.9 Å². The van der Waals surface area contributed by atoms with Crippen LogP contribution in [0.4, 0.5) is 11.4 Å². The molecule has 0 bridgehead atoms. The number of rotatable bonds is 6. The number of nitrogens with one attached hydrogen (secondary N) is 1. The number of anilines is 1. The van der Waals surface area contributed by atoms with Crippen LogP contribution in [0.25, 0.3) is 10.8 Å². The van der Waals surface area contributed by atoms with Gasteiger partial charge in [-0.25, -0.2) is 0 Å². The van der Waals surface area contributed by atoms with Crippen LogP contribution in [-0.4, -0.2) is 6.21 Å². The molecule has 5 heteroatoms. The van der Waals surface area contributed by atoms with Crippen LogP contribution in [0.1, 0.15) is 46.2 Å². The smallest absolute Gasteiger partial charge is 0.129 e. The van der Waals surface area contributed by atoms with Gasteiger partial charge in [0.15, 0.2) is 0 Å². The lowest BCUT2D eigenvalue weighted by molar-refractivity contribution is 0.306. The molecular formula is C37H30Cl2N2O. The predicted octanol–water partition coefficient (Wildman–Crippen LogP) is 10.6. The van der Waals surface area contributed by atoms with Crippen molar-refractivity contribution in [2.75, 3.05) is 5.32 Å². The van der Waals surface area contributed by atoms with Gasteiger partial charge in [0.05, 0.1) is 11.7 Å². The van der Waals surface area contributed by atoms with Crippen LogP contribution in [0, 0.1) is 12.8 Å². The molecule has 0 unspecified atom stereocenters. The molecule has 1 aliphatic carbocycles. The van der Waals surface area contributed by atoms with Crippen molar-refractivity contribution in [2.45, 2.75) is 31.9 Å².